The second-order valence-electron chi connectivity index (χ2n) is 5.15. The van der Waals surface area contributed by atoms with E-state index in [9.17, 15) is 0 Å². The first-order valence-electron chi connectivity index (χ1n) is 6.60. The Labute approximate surface area is 122 Å². The van der Waals surface area contributed by atoms with Gasteiger partial charge in [0.2, 0.25) is 0 Å². The van der Waals surface area contributed by atoms with Gasteiger partial charge in [-0.1, -0.05) is 6.07 Å². The van der Waals surface area contributed by atoms with E-state index in [1.165, 1.54) is 5.56 Å². The van der Waals surface area contributed by atoms with Crippen molar-refractivity contribution in [3.63, 3.8) is 0 Å². The second-order valence-corrected chi connectivity index (χ2v) is 5.15. The summed E-state index contributed by atoms with van der Waals surface area (Å²) >= 11 is 0. The van der Waals surface area contributed by atoms with Crippen LogP contribution < -0.4 is 9.80 Å². The minimum atomic E-state index is 1.01. The van der Waals surface area contributed by atoms with Crippen molar-refractivity contribution in [3.05, 3.63) is 47.9 Å². The van der Waals surface area contributed by atoms with Crippen molar-refractivity contribution in [3.8, 4) is 0 Å². The summed E-state index contributed by atoms with van der Waals surface area (Å²) in [5.41, 5.74) is 3.41. The number of nitrogens with zero attached hydrogens (tertiary/aromatic N) is 4. The molecule has 108 valence electrons. The van der Waals surface area contributed by atoms with E-state index in [1.54, 1.807) is 0 Å². The Balaban J connectivity index is 0.000000200. The standard InChI is InChI=1S/2C8H12N2/c1-7-4-8(10(2)3)6-9-5-7;1-7-5-4-6-8(9-7)10(2)3/h2*4-6H,1-3H3. The van der Waals surface area contributed by atoms with Crippen LogP contribution in [0.5, 0.6) is 0 Å². The topological polar surface area (TPSA) is 32.3 Å². The van der Waals surface area contributed by atoms with Gasteiger partial charge in [0, 0.05) is 40.1 Å². The fraction of sp³-hybridized carbons (Fsp3) is 0.375. The first-order chi connectivity index (χ1) is 9.40. The minimum Gasteiger partial charge on any atom is -0.376 e. The van der Waals surface area contributed by atoms with E-state index >= 15 is 0 Å². The van der Waals surface area contributed by atoms with Crippen LogP contribution in [0.25, 0.3) is 0 Å². The molecule has 0 aromatic carbocycles. The molecule has 2 aromatic rings. The smallest absolute Gasteiger partial charge is 0.128 e. The SMILES string of the molecule is Cc1cccc(N(C)C)n1.Cc1cncc(N(C)C)c1. The summed E-state index contributed by atoms with van der Waals surface area (Å²) in [7, 11) is 8.00. The van der Waals surface area contributed by atoms with Crippen LogP contribution in [0, 0.1) is 13.8 Å². The fourth-order valence-electron chi connectivity index (χ4n) is 1.56. The molecule has 0 radical (unpaired) electrons. The zero-order chi connectivity index (χ0) is 15.1. The Morgan fingerprint density at radius 2 is 1.60 bits per heavy atom. The largest absolute Gasteiger partial charge is 0.376 e. The summed E-state index contributed by atoms with van der Waals surface area (Å²) in [5, 5.41) is 0. The summed E-state index contributed by atoms with van der Waals surface area (Å²) in [6.45, 7) is 4.03. The van der Waals surface area contributed by atoms with Crippen LogP contribution in [0.2, 0.25) is 0 Å². The molecule has 2 heterocycles. The highest BCUT2D eigenvalue weighted by atomic mass is 15.1. The van der Waals surface area contributed by atoms with Crippen molar-refractivity contribution < 1.29 is 0 Å². The highest BCUT2D eigenvalue weighted by Crippen LogP contribution is 2.09. The van der Waals surface area contributed by atoms with Gasteiger partial charge >= 0.3 is 0 Å². The van der Waals surface area contributed by atoms with Crippen LogP contribution in [-0.2, 0) is 0 Å². The molecule has 0 N–H and O–H groups in total. The number of aromatic nitrogens is 2. The van der Waals surface area contributed by atoms with Crippen LogP contribution in [0.15, 0.2) is 36.7 Å². The molecule has 4 nitrogen and oxygen atoms in total. The van der Waals surface area contributed by atoms with Crippen molar-refractivity contribution in [2.75, 3.05) is 38.0 Å². The summed E-state index contributed by atoms with van der Waals surface area (Å²) in [6.07, 6.45) is 3.71. The molecule has 0 aliphatic carbocycles. The van der Waals surface area contributed by atoms with Gasteiger partial charge in [-0.15, -0.1) is 0 Å². The van der Waals surface area contributed by atoms with Gasteiger partial charge in [0.1, 0.15) is 5.82 Å². The normalized spacial score (nSPS) is 9.50. The number of hydrogen-bond donors (Lipinski definition) is 0. The van der Waals surface area contributed by atoms with Crippen LogP contribution in [0.1, 0.15) is 11.3 Å². The molecule has 0 saturated heterocycles. The van der Waals surface area contributed by atoms with Gasteiger partial charge in [0.05, 0.1) is 11.9 Å². The fourth-order valence-corrected chi connectivity index (χ4v) is 1.56. The van der Waals surface area contributed by atoms with E-state index < -0.39 is 0 Å². The summed E-state index contributed by atoms with van der Waals surface area (Å²) in [4.78, 5) is 12.4. The number of hydrogen-bond acceptors (Lipinski definition) is 4. The third kappa shape index (κ3) is 5.26. The Hall–Kier alpha value is -2.10. The molecule has 0 amide bonds. The zero-order valence-electron chi connectivity index (χ0n) is 13.3. The molecular formula is C16H24N4. The van der Waals surface area contributed by atoms with Crippen molar-refractivity contribution in [2.45, 2.75) is 13.8 Å². The molecule has 0 spiro atoms. The molecule has 20 heavy (non-hydrogen) atoms. The van der Waals surface area contributed by atoms with Crippen LogP contribution >= 0.6 is 0 Å². The van der Waals surface area contributed by atoms with E-state index in [1.807, 2.05) is 82.4 Å². The quantitative estimate of drug-likeness (QED) is 0.841. The second kappa shape index (κ2) is 7.48. The number of aryl methyl sites for hydroxylation is 2. The molecule has 0 aliphatic rings. The molecule has 4 heteroatoms. The Kier molecular flexibility index (Phi) is 5.97. The minimum absolute atomic E-state index is 1.01. The molecule has 2 rings (SSSR count). The molecule has 0 saturated carbocycles. The maximum Gasteiger partial charge on any atom is 0.128 e. The van der Waals surface area contributed by atoms with Gasteiger partial charge in [0.25, 0.3) is 0 Å². The van der Waals surface area contributed by atoms with Gasteiger partial charge in [0.15, 0.2) is 0 Å². The summed E-state index contributed by atoms with van der Waals surface area (Å²) in [5.74, 6) is 1.01. The Morgan fingerprint density at radius 1 is 0.900 bits per heavy atom. The predicted molar refractivity (Wildman–Crippen MR) is 86.6 cm³/mol. The average Bonchev–Trinajstić information content (AvgIpc) is 2.39. The predicted octanol–water partition coefficient (Wildman–Crippen LogP) is 2.91. The monoisotopic (exact) mass is 272 g/mol. The van der Waals surface area contributed by atoms with E-state index in [-0.39, 0.29) is 0 Å². The molecule has 0 fully saturated rings. The third-order valence-corrected chi connectivity index (χ3v) is 2.71. The van der Waals surface area contributed by atoms with Gasteiger partial charge in [-0.05, 0) is 37.6 Å². The van der Waals surface area contributed by atoms with Gasteiger partial charge < -0.3 is 9.80 Å². The van der Waals surface area contributed by atoms with Crippen LogP contribution in [0.4, 0.5) is 11.5 Å². The first kappa shape index (κ1) is 16.0. The van der Waals surface area contributed by atoms with E-state index in [4.69, 9.17) is 0 Å². The highest BCUT2D eigenvalue weighted by molar-refractivity contribution is 5.43. The molecular weight excluding hydrogens is 248 g/mol. The zero-order valence-corrected chi connectivity index (χ0v) is 13.3. The van der Waals surface area contributed by atoms with Crippen LogP contribution in [0.3, 0.4) is 0 Å². The molecule has 2 aromatic heterocycles. The van der Waals surface area contributed by atoms with Crippen molar-refractivity contribution in [1.29, 1.82) is 0 Å². The van der Waals surface area contributed by atoms with E-state index in [0.29, 0.717) is 0 Å². The van der Waals surface area contributed by atoms with Gasteiger partial charge in [-0.2, -0.15) is 0 Å². The van der Waals surface area contributed by atoms with E-state index in [0.717, 1.165) is 17.2 Å². The third-order valence-electron chi connectivity index (χ3n) is 2.71. The lowest BCUT2D eigenvalue weighted by Gasteiger charge is -2.11. The Morgan fingerprint density at radius 3 is 2.00 bits per heavy atom. The number of rotatable bonds is 2. The highest BCUT2D eigenvalue weighted by Gasteiger charge is 1.94. The maximum absolute atomic E-state index is 4.30. The van der Waals surface area contributed by atoms with Gasteiger partial charge in [-0.3, -0.25) is 4.98 Å². The molecule has 0 aliphatic heterocycles. The average molecular weight is 272 g/mol. The molecule has 0 atom stereocenters. The number of pyridine rings is 2. The van der Waals surface area contributed by atoms with E-state index in [2.05, 4.69) is 16.0 Å². The lowest BCUT2D eigenvalue weighted by atomic mass is 10.3. The van der Waals surface area contributed by atoms with Crippen molar-refractivity contribution in [1.82, 2.24) is 9.97 Å². The lowest BCUT2D eigenvalue weighted by molar-refractivity contribution is 1.04. The molecule has 0 unspecified atom stereocenters. The summed E-state index contributed by atoms with van der Waals surface area (Å²) in [6, 6.07) is 8.10. The lowest BCUT2D eigenvalue weighted by Crippen LogP contribution is -2.10. The Bertz CT molecular complexity index is 486. The van der Waals surface area contributed by atoms with Crippen LogP contribution in [-0.4, -0.2) is 38.2 Å². The number of anilines is 2. The summed E-state index contributed by atoms with van der Waals surface area (Å²) < 4.78 is 0. The van der Waals surface area contributed by atoms with Crippen molar-refractivity contribution >= 4 is 11.5 Å². The maximum atomic E-state index is 4.30. The van der Waals surface area contributed by atoms with Crippen molar-refractivity contribution in [2.24, 2.45) is 0 Å². The molecule has 0 bridgehead atoms. The van der Waals surface area contributed by atoms with Gasteiger partial charge in [-0.25, -0.2) is 4.98 Å². The first-order valence-corrected chi connectivity index (χ1v) is 6.60.